The van der Waals surface area contributed by atoms with Gasteiger partial charge >= 0.3 is 0 Å². The zero-order valence-corrected chi connectivity index (χ0v) is 12.9. The van der Waals surface area contributed by atoms with E-state index in [2.05, 4.69) is 53.8 Å². The number of carbonyl (C=O) groups is 1. The Morgan fingerprint density at radius 1 is 1.17 bits per heavy atom. The molecule has 1 fully saturated rings. The molecule has 18 heavy (non-hydrogen) atoms. The summed E-state index contributed by atoms with van der Waals surface area (Å²) in [6.45, 7) is 15.5. The predicted molar refractivity (Wildman–Crippen MR) is 74.3 cm³/mol. The molecule has 3 heteroatoms. The van der Waals surface area contributed by atoms with Crippen LogP contribution in [0.1, 0.15) is 48.5 Å². The van der Waals surface area contributed by atoms with E-state index in [1.54, 1.807) is 0 Å². The van der Waals surface area contributed by atoms with Gasteiger partial charge in [0.15, 0.2) is 0 Å². The number of ether oxygens (including phenoxy) is 1. The zero-order chi connectivity index (χ0) is 14.1. The van der Waals surface area contributed by atoms with E-state index in [4.69, 9.17) is 4.74 Å². The third-order valence-electron chi connectivity index (χ3n) is 4.44. The second kappa shape index (κ2) is 5.60. The van der Waals surface area contributed by atoms with Crippen molar-refractivity contribution >= 4 is 5.91 Å². The summed E-state index contributed by atoms with van der Waals surface area (Å²) >= 11 is 0. The molecule has 3 unspecified atom stereocenters. The summed E-state index contributed by atoms with van der Waals surface area (Å²) in [4.78, 5) is 11.9. The lowest BCUT2D eigenvalue weighted by Crippen LogP contribution is -2.58. The number of nitrogens with one attached hydrogen (secondary N) is 1. The lowest BCUT2D eigenvalue weighted by molar-refractivity contribution is -0.127. The summed E-state index contributed by atoms with van der Waals surface area (Å²) in [6, 6.07) is 0. The predicted octanol–water partition coefficient (Wildman–Crippen LogP) is 2.84. The van der Waals surface area contributed by atoms with E-state index in [0.29, 0.717) is 23.7 Å². The molecule has 0 spiro atoms. The van der Waals surface area contributed by atoms with Gasteiger partial charge in [-0.1, -0.05) is 41.5 Å². The Labute approximate surface area is 112 Å². The largest absolute Gasteiger partial charge is 0.368 e. The van der Waals surface area contributed by atoms with Gasteiger partial charge in [-0.05, 0) is 24.7 Å². The van der Waals surface area contributed by atoms with Crippen LogP contribution in [0.4, 0.5) is 0 Å². The third kappa shape index (κ3) is 2.87. The van der Waals surface area contributed by atoms with Crippen molar-refractivity contribution in [3.05, 3.63) is 0 Å². The van der Waals surface area contributed by atoms with Crippen molar-refractivity contribution in [3.8, 4) is 0 Å². The van der Waals surface area contributed by atoms with Crippen LogP contribution in [0.3, 0.4) is 0 Å². The number of amides is 1. The Balaban J connectivity index is 3.20. The van der Waals surface area contributed by atoms with Crippen LogP contribution in [0.2, 0.25) is 0 Å². The molecule has 0 saturated carbocycles. The molecule has 0 aromatic rings. The molecule has 1 aliphatic rings. The summed E-state index contributed by atoms with van der Waals surface area (Å²) in [7, 11) is 0. The monoisotopic (exact) mass is 255 g/mol. The molecule has 1 rings (SSSR count). The lowest BCUT2D eigenvalue weighted by atomic mass is 9.67. The molecule has 0 bridgehead atoms. The maximum atomic E-state index is 11.9. The molecule has 1 N–H and O–H groups in total. The SMILES string of the molecule is CC(C)C1OCC(=O)NC(C)(C(C)C)C1C(C)C. The molecule has 1 saturated heterocycles. The molecular formula is C15H29NO2. The van der Waals surface area contributed by atoms with Gasteiger partial charge in [-0.25, -0.2) is 0 Å². The van der Waals surface area contributed by atoms with Crippen LogP contribution < -0.4 is 5.32 Å². The fraction of sp³-hybridized carbons (Fsp3) is 0.933. The van der Waals surface area contributed by atoms with Crippen molar-refractivity contribution in [2.45, 2.75) is 60.1 Å². The van der Waals surface area contributed by atoms with Gasteiger partial charge in [-0.15, -0.1) is 0 Å². The average Bonchev–Trinajstić information content (AvgIpc) is 2.34. The number of hydrogen-bond acceptors (Lipinski definition) is 2. The van der Waals surface area contributed by atoms with Crippen LogP contribution in [-0.2, 0) is 9.53 Å². The molecule has 0 aromatic carbocycles. The molecule has 3 nitrogen and oxygen atoms in total. The summed E-state index contributed by atoms with van der Waals surface area (Å²) < 4.78 is 5.88. The minimum atomic E-state index is -0.198. The fourth-order valence-corrected chi connectivity index (χ4v) is 3.24. The highest BCUT2D eigenvalue weighted by atomic mass is 16.5. The van der Waals surface area contributed by atoms with Crippen LogP contribution in [-0.4, -0.2) is 24.2 Å². The smallest absolute Gasteiger partial charge is 0.246 e. The topological polar surface area (TPSA) is 38.3 Å². The normalized spacial score (nSPS) is 34.0. The Bertz CT molecular complexity index is 299. The first-order valence-electron chi connectivity index (χ1n) is 7.12. The highest BCUT2D eigenvalue weighted by Gasteiger charge is 2.47. The third-order valence-corrected chi connectivity index (χ3v) is 4.44. The summed E-state index contributed by atoms with van der Waals surface area (Å²) in [5.74, 6) is 1.63. The number of hydrogen-bond donors (Lipinski definition) is 1. The van der Waals surface area contributed by atoms with Crippen LogP contribution in [0.15, 0.2) is 0 Å². The van der Waals surface area contributed by atoms with E-state index in [1.807, 2.05) is 0 Å². The van der Waals surface area contributed by atoms with Gasteiger partial charge in [0.25, 0.3) is 0 Å². The van der Waals surface area contributed by atoms with Crippen molar-refractivity contribution in [2.75, 3.05) is 6.61 Å². The first kappa shape index (κ1) is 15.5. The second-order valence-corrected chi connectivity index (χ2v) is 6.78. The molecule has 1 heterocycles. The molecule has 1 amide bonds. The Hall–Kier alpha value is -0.570. The lowest BCUT2D eigenvalue weighted by Gasteiger charge is -2.46. The van der Waals surface area contributed by atoms with Gasteiger partial charge in [-0.2, -0.15) is 0 Å². The quantitative estimate of drug-likeness (QED) is 0.842. The Morgan fingerprint density at radius 2 is 1.72 bits per heavy atom. The highest BCUT2D eigenvalue weighted by Crippen LogP contribution is 2.39. The molecule has 0 aromatic heterocycles. The Kier molecular flexibility index (Phi) is 4.82. The molecule has 1 aliphatic heterocycles. The first-order valence-corrected chi connectivity index (χ1v) is 7.12. The van der Waals surface area contributed by atoms with Gasteiger partial charge < -0.3 is 10.1 Å². The summed E-state index contributed by atoms with van der Waals surface area (Å²) in [5.41, 5.74) is -0.198. The van der Waals surface area contributed by atoms with Crippen molar-refractivity contribution in [3.63, 3.8) is 0 Å². The van der Waals surface area contributed by atoms with Gasteiger partial charge in [0.05, 0.1) is 6.10 Å². The standard InChI is InChI=1S/C15H29NO2/c1-9(2)13-14(10(3)4)18-8-12(17)16-15(13,7)11(5)6/h9-11,13-14H,8H2,1-7H3,(H,16,17). The van der Waals surface area contributed by atoms with Gasteiger partial charge in [0, 0.05) is 11.5 Å². The molecule has 0 aliphatic carbocycles. The molecule has 0 radical (unpaired) electrons. The second-order valence-electron chi connectivity index (χ2n) is 6.78. The maximum absolute atomic E-state index is 11.9. The first-order chi connectivity index (χ1) is 8.20. The summed E-state index contributed by atoms with van der Waals surface area (Å²) in [6.07, 6.45) is 0.136. The zero-order valence-electron chi connectivity index (χ0n) is 12.9. The van der Waals surface area contributed by atoms with E-state index >= 15 is 0 Å². The maximum Gasteiger partial charge on any atom is 0.246 e. The van der Waals surface area contributed by atoms with E-state index in [-0.39, 0.29) is 24.2 Å². The molecule has 3 atom stereocenters. The van der Waals surface area contributed by atoms with Crippen molar-refractivity contribution < 1.29 is 9.53 Å². The number of carbonyl (C=O) groups excluding carboxylic acids is 1. The minimum absolute atomic E-state index is 0.0139. The van der Waals surface area contributed by atoms with E-state index in [1.165, 1.54) is 0 Å². The number of rotatable bonds is 3. The van der Waals surface area contributed by atoms with E-state index in [9.17, 15) is 4.79 Å². The van der Waals surface area contributed by atoms with Crippen LogP contribution in [0, 0.1) is 23.7 Å². The van der Waals surface area contributed by atoms with Gasteiger partial charge in [0.2, 0.25) is 5.91 Å². The molecular weight excluding hydrogens is 226 g/mol. The van der Waals surface area contributed by atoms with Crippen LogP contribution >= 0.6 is 0 Å². The van der Waals surface area contributed by atoms with E-state index in [0.717, 1.165) is 0 Å². The van der Waals surface area contributed by atoms with E-state index < -0.39 is 0 Å². The average molecular weight is 255 g/mol. The summed E-state index contributed by atoms with van der Waals surface area (Å²) in [5, 5.41) is 3.21. The molecule has 106 valence electrons. The van der Waals surface area contributed by atoms with Crippen molar-refractivity contribution in [2.24, 2.45) is 23.7 Å². The highest BCUT2D eigenvalue weighted by molar-refractivity contribution is 5.78. The minimum Gasteiger partial charge on any atom is -0.368 e. The van der Waals surface area contributed by atoms with Crippen molar-refractivity contribution in [1.29, 1.82) is 0 Å². The fourth-order valence-electron chi connectivity index (χ4n) is 3.24. The van der Waals surface area contributed by atoms with Gasteiger partial charge in [-0.3, -0.25) is 4.79 Å². The van der Waals surface area contributed by atoms with Crippen molar-refractivity contribution in [1.82, 2.24) is 5.32 Å². The van der Waals surface area contributed by atoms with Crippen LogP contribution in [0.5, 0.6) is 0 Å². The Morgan fingerprint density at radius 3 is 2.11 bits per heavy atom. The van der Waals surface area contributed by atoms with Crippen LogP contribution in [0.25, 0.3) is 0 Å². The van der Waals surface area contributed by atoms with Gasteiger partial charge in [0.1, 0.15) is 6.61 Å².